The third-order valence-electron chi connectivity index (χ3n) is 1.80. The van der Waals surface area contributed by atoms with Gasteiger partial charge in [-0.15, -0.1) is 0 Å². The van der Waals surface area contributed by atoms with Crippen LogP contribution in [-0.4, -0.2) is 11.1 Å². The highest BCUT2D eigenvalue weighted by Crippen LogP contribution is 2.08. The summed E-state index contributed by atoms with van der Waals surface area (Å²) in [6.07, 6.45) is 5.26. The SMILES string of the molecule is CC(C)n1ccc(CCN)c1. The molecule has 0 aliphatic rings. The van der Waals surface area contributed by atoms with Gasteiger partial charge in [-0.1, -0.05) is 0 Å². The lowest BCUT2D eigenvalue weighted by molar-refractivity contribution is 0.602. The minimum Gasteiger partial charge on any atom is -0.352 e. The Morgan fingerprint density at radius 1 is 1.55 bits per heavy atom. The lowest BCUT2D eigenvalue weighted by Crippen LogP contribution is -2.02. The van der Waals surface area contributed by atoms with Crippen molar-refractivity contribution in [2.75, 3.05) is 6.54 Å². The van der Waals surface area contributed by atoms with Crippen molar-refractivity contribution in [2.24, 2.45) is 5.73 Å². The lowest BCUT2D eigenvalue weighted by atomic mass is 10.2. The fraction of sp³-hybridized carbons (Fsp3) is 0.556. The van der Waals surface area contributed by atoms with E-state index in [-0.39, 0.29) is 0 Å². The molecule has 1 rings (SSSR count). The standard InChI is InChI=1S/C9H16N2/c1-8(2)11-6-4-9(7-11)3-5-10/h4,6-8H,3,5,10H2,1-2H3. The molecule has 0 spiro atoms. The number of hydrogen-bond donors (Lipinski definition) is 1. The van der Waals surface area contributed by atoms with Crippen LogP contribution in [0.15, 0.2) is 18.5 Å². The third-order valence-corrected chi connectivity index (χ3v) is 1.80. The molecule has 0 amide bonds. The second kappa shape index (κ2) is 3.58. The monoisotopic (exact) mass is 152 g/mol. The van der Waals surface area contributed by atoms with Gasteiger partial charge in [-0.25, -0.2) is 0 Å². The smallest absolute Gasteiger partial charge is 0.0274 e. The summed E-state index contributed by atoms with van der Waals surface area (Å²) in [5.74, 6) is 0. The molecule has 0 aliphatic carbocycles. The summed E-state index contributed by atoms with van der Waals surface area (Å²) in [4.78, 5) is 0. The molecule has 0 saturated heterocycles. The third kappa shape index (κ3) is 2.09. The van der Waals surface area contributed by atoms with Crippen LogP contribution in [-0.2, 0) is 6.42 Å². The molecule has 0 unspecified atom stereocenters. The summed E-state index contributed by atoms with van der Waals surface area (Å²) < 4.78 is 2.20. The number of hydrogen-bond acceptors (Lipinski definition) is 1. The summed E-state index contributed by atoms with van der Waals surface area (Å²) in [6.45, 7) is 5.08. The molecule has 2 heteroatoms. The molecule has 2 nitrogen and oxygen atoms in total. The van der Waals surface area contributed by atoms with Crippen molar-refractivity contribution in [3.8, 4) is 0 Å². The molecule has 1 heterocycles. The van der Waals surface area contributed by atoms with E-state index in [1.165, 1.54) is 5.56 Å². The number of nitrogens with two attached hydrogens (primary N) is 1. The molecule has 1 aromatic heterocycles. The maximum Gasteiger partial charge on any atom is 0.0274 e. The van der Waals surface area contributed by atoms with Gasteiger partial charge in [-0.2, -0.15) is 0 Å². The van der Waals surface area contributed by atoms with Crippen LogP contribution in [0.4, 0.5) is 0 Å². The van der Waals surface area contributed by atoms with E-state index in [9.17, 15) is 0 Å². The Morgan fingerprint density at radius 2 is 2.27 bits per heavy atom. The first kappa shape index (κ1) is 8.34. The summed E-state index contributed by atoms with van der Waals surface area (Å²) in [7, 11) is 0. The maximum atomic E-state index is 5.44. The first-order chi connectivity index (χ1) is 5.24. The van der Waals surface area contributed by atoms with Crippen LogP contribution in [0.1, 0.15) is 25.5 Å². The van der Waals surface area contributed by atoms with Gasteiger partial charge in [-0.05, 0) is 38.4 Å². The molecule has 0 fully saturated rings. The fourth-order valence-electron chi connectivity index (χ4n) is 1.10. The zero-order chi connectivity index (χ0) is 8.27. The van der Waals surface area contributed by atoms with E-state index in [0.29, 0.717) is 6.04 Å². The summed E-state index contributed by atoms with van der Waals surface area (Å²) >= 11 is 0. The van der Waals surface area contributed by atoms with E-state index in [4.69, 9.17) is 5.73 Å². The Balaban J connectivity index is 2.66. The van der Waals surface area contributed by atoms with Crippen LogP contribution < -0.4 is 5.73 Å². The van der Waals surface area contributed by atoms with Crippen molar-refractivity contribution in [2.45, 2.75) is 26.3 Å². The van der Waals surface area contributed by atoms with Gasteiger partial charge in [0.2, 0.25) is 0 Å². The van der Waals surface area contributed by atoms with Crippen molar-refractivity contribution in [3.05, 3.63) is 24.0 Å². The summed E-state index contributed by atoms with van der Waals surface area (Å²) in [5.41, 5.74) is 6.77. The Labute approximate surface area is 68.0 Å². The van der Waals surface area contributed by atoms with Crippen LogP contribution in [0, 0.1) is 0 Å². The predicted molar refractivity (Wildman–Crippen MR) is 47.6 cm³/mol. The molecule has 2 N–H and O–H groups in total. The average molecular weight is 152 g/mol. The number of aromatic nitrogens is 1. The van der Waals surface area contributed by atoms with Gasteiger partial charge >= 0.3 is 0 Å². The van der Waals surface area contributed by atoms with Gasteiger partial charge in [-0.3, -0.25) is 0 Å². The highest BCUT2D eigenvalue weighted by atomic mass is 15.0. The molecule has 0 atom stereocenters. The largest absolute Gasteiger partial charge is 0.352 e. The maximum absolute atomic E-state index is 5.44. The molecule has 0 saturated carbocycles. The molecule has 11 heavy (non-hydrogen) atoms. The van der Waals surface area contributed by atoms with Crippen molar-refractivity contribution in [1.82, 2.24) is 4.57 Å². The van der Waals surface area contributed by atoms with E-state index >= 15 is 0 Å². The fourth-order valence-corrected chi connectivity index (χ4v) is 1.10. The quantitative estimate of drug-likeness (QED) is 0.700. The van der Waals surface area contributed by atoms with E-state index in [1.807, 2.05) is 0 Å². The van der Waals surface area contributed by atoms with E-state index < -0.39 is 0 Å². The molecule has 1 aromatic rings. The first-order valence-corrected chi connectivity index (χ1v) is 4.10. The summed E-state index contributed by atoms with van der Waals surface area (Å²) in [6, 6.07) is 2.69. The second-order valence-electron chi connectivity index (χ2n) is 3.10. The molecule has 0 aliphatic heterocycles. The van der Waals surface area contributed by atoms with Crippen LogP contribution in [0.5, 0.6) is 0 Å². The molecule has 0 aromatic carbocycles. The second-order valence-corrected chi connectivity index (χ2v) is 3.10. The van der Waals surface area contributed by atoms with Crippen LogP contribution in [0.3, 0.4) is 0 Å². The molecular weight excluding hydrogens is 136 g/mol. The van der Waals surface area contributed by atoms with Gasteiger partial charge in [0.05, 0.1) is 0 Å². The minimum atomic E-state index is 0.557. The van der Waals surface area contributed by atoms with Gasteiger partial charge in [0, 0.05) is 18.4 Å². The minimum absolute atomic E-state index is 0.557. The van der Waals surface area contributed by atoms with Crippen LogP contribution in [0.2, 0.25) is 0 Å². The van der Waals surface area contributed by atoms with Gasteiger partial charge in [0.1, 0.15) is 0 Å². The normalized spacial score (nSPS) is 10.9. The first-order valence-electron chi connectivity index (χ1n) is 4.10. The Hall–Kier alpha value is -0.760. The summed E-state index contributed by atoms with van der Waals surface area (Å²) in [5, 5.41) is 0. The Kier molecular flexibility index (Phi) is 2.71. The highest BCUT2D eigenvalue weighted by Gasteiger charge is 1.97. The average Bonchev–Trinajstić information content (AvgIpc) is 2.37. The molecule has 0 radical (unpaired) electrons. The van der Waals surface area contributed by atoms with E-state index in [1.54, 1.807) is 0 Å². The van der Waals surface area contributed by atoms with Crippen molar-refractivity contribution >= 4 is 0 Å². The van der Waals surface area contributed by atoms with Gasteiger partial charge in [0.15, 0.2) is 0 Å². The van der Waals surface area contributed by atoms with Crippen molar-refractivity contribution in [1.29, 1.82) is 0 Å². The Morgan fingerprint density at radius 3 is 2.73 bits per heavy atom. The zero-order valence-corrected chi connectivity index (χ0v) is 7.25. The van der Waals surface area contributed by atoms with Crippen LogP contribution >= 0.6 is 0 Å². The Bertz CT molecular complexity index is 213. The number of rotatable bonds is 3. The van der Waals surface area contributed by atoms with Crippen molar-refractivity contribution in [3.63, 3.8) is 0 Å². The number of nitrogens with zero attached hydrogens (tertiary/aromatic N) is 1. The zero-order valence-electron chi connectivity index (χ0n) is 7.25. The van der Waals surface area contributed by atoms with Crippen molar-refractivity contribution < 1.29 is 0 Å². The van der Waals surface area contributed by atoms with Gasteiger partial charge < -0.3 is 10.3 Å². The molecule has 0 bridgehead atoms. The lowest BCUT2D eigenvalue weighted by Gasteiger charge is -2.04. The van der Waals surface area contributed by atoms with E-state index in [2.05, 4.69) is 36.9 Å². The van der Waals surface area contributed by atoms with Gasteiger partial charge in [0.25, 0.3) is 0 Å². The molecule has 62 valence electrons. The van der Waals surface area contributed by atoms with E-state index in [0.717, 1.165) is 13.0 Å². The highest BCUT2D eigenvalue weighted by molar-refractivity contribution is 5.11. The van der Waals surface area contributed by atoms with Crippen LogP contribution in [0.25, 0.3) is 0 Å². The molecular formula is C9H16N2. The predicted octanol–water partition coefficient (Wildman–Crippen LogP) is 1.57. The topological polar surface area (TPSA) is 30.9 Å².